The maximum absolute atomic E-state index is 11.0. The first-order valence-corrected chi connectivity index (χ1v) is 4.07. The summed E-state index contributed by atoms with van der Waals surface area (Å²) >= 11 is 0. The largest absolute Gasteiger partial charge is 0.433 e. The van der Waals surface area contributed by atoms with Crippen LogP contribution < -0.4 is 15.9 Å². The number of rotatable bonds is 3. The van der Waals surface area contributed by atoms with Crippen LogP contribution in [0.1, 0.15) is 0 Å². The number of nitrogens with one attached hydrogen (secondary N) is 1. The summed E-state index contributed by atoms with van der Waals surface area (Å²) in [5.41, 5.74) is 7.29. The molecule has 1 amide bonds. The highest BCUT2D eigenvalue weighted by Crippen LogP contribution is 2.07. The van der Waals surface area contributed by atoms with E-state index in [0.29, 0.717) is 5.75 Å². The van der Waals surface area contributed by atoms with Crippen molar-refractivity contribution in [2.75, 3.05) is 6.54 Å². The summed E-state index contributed by atoms with van der Waals surface area (Å²) < 4.78 is 4.86. The zero-order chi connectivity index (χ0) is 10.2. The highest BCUT2D eigenvalue weighted by atomic mass is 16.6. The minimum Gasteiger partial charge on any atom is -0.409 e. The van der Waals surface area contributed by atoms with Gasteiger partial charge in [0, 0.05) is 12.8 Å². The molecule has 1 aromatic carbocycles. The summed E-state index contributed by atoms with van der Waals surface area (Å²) in [7, 11) is 0. The van der Waals surface area contributed by atoms with Crippen LogP contribution in [-0.4, -0.2) is 18.9 Å². The average Bonchev–Trinajstić information content (AvgIpc) is 2.20. The molecule has 1 aromatic rings. The van der Waals surface area contributed by atoms with Crippen molar-refractivity contribution in [3.8, 4) is 5.75 Å². The zero-order valence-electron chi connectivity index (χ0n) is 7.51. The van der Waals surface area contributed by atoms with Gasteiger partial charge in [-0.3, -0.25) is 0 Å². The van der Waals surface area contributed by atoms with Crippen LogP contribution in [0, 0.1) is 0 Å². The van der Waals surface area contributed by atoms with Gasteiger partial charge in [0.25, 0.3) is 0 Å². The minimum absolute atomic E-state index is 0.269. The molecule has 5 nitrogen and oxygen atoms in total. The topological polar surface area (TPSA) is 76.7 Å². The molecule has 0 bridgehead atoms. The number of nitrogens with two attached hydrogens (primary N) is 1. The number of amides is 1. The van der Waals surface area contributed by atoms with E-state index in [-0.39, 0.29) is 6.54 Å². The van der Waals surface area contributed by atoms with Gasteiger partial charge in [-0.2, -0.15) is 5.10 Å². The van der Waals surface area contributed by atoms with Crippen LogP contribution in [0.2, 0.25) is 0 Å². The van der Waals surface area contributed by atoms with Crippen molar-refractivity contribution in [1.29, 1.82) is 0 Å². The SMILES string of the molecule is NC/C=N/NC(=O)Oc1ccccc1. The van der Waals surface area contributed by atoms with Gasteiger partial charge in [0.2, 0.25) is 0 Å². The molecule has 0 aromatic heterocycles. The zero-order valence-corrected chi connectivity index (χ0v) is 7.51. The molecule has 0 unspecified atom stereocenters. The van der Waals surface area contributed by atoms with Gasteiger partial charge in [-0.1, -0.05) is 18.2 Å². The fourth-order valence-electron chi connectivity index (χ4n) is 0.769. The van der Waals surface area contributed by atoms with Crippen LogP contribution in [0.3, 0.4) is 0 Å². The third-order valence-corrected chi connectivity index (χ3v) is 1.31. The number of hydrogen-bond acceptors (Lipinski definition) is 4. The van der Waals surface area contributed by atoms with Gasteiger partial charge in [-0.15, -0.1) is 0 Å². The predicted molar refractivity (Wildman–Crippen MR) is 53.1 cm³/mol. The summed E-state index contributed by atoms with van der Waals surface area (Å²) in [6, 6.07) is 8.72. The maximum Gasteiger partial charge on any atom is 0.433 e. The van der Waals surface area contributed by atoms with Crippen molar-refractivity contribution < 1.29 is 9.53 Å². The summed E-state index contributed by atoms with van der Waals surface area (Å²) in [6.07, 6.45) is 0.729. The van der Waals surface area contributed by atoms with Crippen LogP contribution in [0.5, 0.6) is 5.75 Å². The van der Waals surface area contributed by atoms with E-state index in [2.05, 4.69) is 10.5 Å². The van der Waals surface area contributed by atoms with Crippen molar-refractivity contribution >= 4 is 12.3 Å². The van der Waals surface area contributed by atoms with E-state index < -0.39 is 6.09 Å². The van der Waals surface area contributed by atoms with Gasteiger partial charge in [0.05, 0.1) is 0 Å². The van der Waals surface area contributed by atoms with Gasteiger partial charge in [-0.05, 0) is 12.1 Å². The van der Waals surface area contributed by atoms with Crippen molar-refractivity contribution in [2.24, 2.45) is 10.8 Å². The molecule has 74 valence electrons. The molecule has 0 aliphatic carbocycles. The van der Waals surface area contributed by atoms with Gasteiger partial charge in [0.15, 0.2) is 0 Å². The average molecular weight is 193 g/mol. The Morgan fingerprint density at radius 1 is 1.50 bits per heavy atom. The van der Waals surface area contributed by atoms with E-state index in [1.54, 1.807) is 24.3 Å². The fraction of sp³-hybridized carbons (Fsp3) is 0.111. The normalized spacial score (nSPS) is 10.1. The lowest BCUT2D eigenvalue weighted by Crippen LogP contribution is -2.22. The summed E-state index contributed by atoms with van der Waals surface area (Å²) in [4.78, 5) is 11.0. The van der Waals surface area contributed by atoms with Crippen LogP contribution in [0.25, 0.3) is 0 Å². The Bertz CT molecular complexity index is 311. The Labute approximate surface area is 81.6 Å². The monoisotopic (exact) mass is 193 g/mol. The van der Waals surface area contributed by atoms with Crippen LogP contribution >= 0.6 is 0 Å². The molecule has 0 radical (unpaired) electrons. The molecule has 0 fully saturated rings. The minimum atomic E-state index is -0.638. The molecule has 0 aliphatic heterocycles. The number of carbonyl (C=O) groups excluding carboxylic acids is 1. The third kappa shape index (κ3) is 3.68. The summed E-state index contributed by atoms with van der Waals surface area (Å²) in [6.45, 7) is 0.269. The van der Waals surface area contributed by atoms with E-state index in [0.717, 1.165) is 0 Å². The smallest absolute Gasteiger partial charge is 0.409 e. The molecule has 0 saturated heterocycles. The van der Waals surface area contributed by atoms with Crippen LogP contribution in [0.15, 0.2) is 35.4 Å². The molecule has 0 heterocycles. The Kier molecular flexibility index (Phi) is 4.16. The van der Waals surface area contributed by atoms with Gasteiger partial charge < -0.3 is 10.5 Å². The Hall–Kier alpha value is -1.88. The lowest BCUT2D eigenvalue weighted by molar-refractivity contribution is 0.201. The first-order chi connectivity index (χ1) is 6.83. The number of para-hydroxylation sites is 1. The molecular formula is C9H11N3O2. The van der Waals surface area contributed by atoms with Crippen molar-refractivity contribution in [3.05, 3.63) is 30.3 Å². The van der Waals surface area contributed by atoms with E-state index in [4.69, 9.17) is 10.5 Å². The predicted octanol–water partition coefficient (Wildman–Crippen LogP) is 0.720. The van der Waals surface area contributed by atoms with Gasteiger partial charge >= 0.3 is 6.09 Å². The fourth-order valence-corrected chi connectivity index (χ4v) is 0.769. The molecule has 0 aliphatic rings. The first-order valence-electron chi connectivity index (χ1n) is 4.07. The number of benzene rings is 1. The number of nitrogens with zero attached hydrogens (tertiary/aromatic N) is 1. The molecular weight excluding hydrogens is 182 g/mol. The third-order valence-electron chi connectivity index (χ3n) is 1.31. The van der Waals surface area contributed by atoms with Crippen molar-refractivity contribution in [3.63, 3.8) is 0 Å². The van der Waals surface area contributed by atoms with Crippen molar-refractivity contribution in [2.45, 2.75) is 0 Å². The number of hydrazone groups is 1. The second kappa shape index (κ2) is 5.71. The van der Waals surface area contributed by atoms with E-state index in [9.17, 15) is 4.79 Å². The van der Waals surface area contributed by atoms with Crippen LogP contribution in [-0.2, 0) is 0 Å². The second-order valence-corrected chi connectivity index (χ2v) is 2.36. The number of ether oxygens (including phenoxy) is 1. The van der Waals surface area contributed by atoms with Gasteiger partial charge in [0.1, 0.15) is 5.75 Å². The van der Waals surface area contributed by atoms with E-state index in [1.165, 1.54) is 6.21 Å². The molecule has 0 spiro atoms. The summed E-state index contributed by atoms with van der Waals surface area (Å²) in [5.74, 6) is 0.466. The standard InChI is InChI=1S/C9H11N3O2/c10-6-7-11-12-9(13)14-8-4-2-1-3-5-8/h1-5,7H,6,10H2,(H,12,13)/b11-7+. The highest BCUT2D eigenvalue weighted by molar-refractivity contribution is 5.71. The summed E-state index contributed by atoms with van der Waals surface area (Å²) in [5, 5.41) is 3.51. The Balaban J connectivity index is 2.38. The molecule has 3 N–H and O–H groups in total. The second-order valence-electron chi connectivity index (χ2n) is 2.36. The quantitative estimate of drug-likeness (QED) is 0.548. The van der Waals surface area contributed by atoms with E-state index >= 15 is 0 Å². The first kappa shape index (κ1) is 10.2. The Morgan fingerprint density at radius 2 is 2.21 bits per heavy atom. The Morgan fingerprint density at radius 3 is 2.86 bits per heavy atom. The van der Waals surface area contributed by atoms with Crippen LogP contribution in [0.4, 0.5) is 4.79 Å². The van der Waals surface area contributed by atoms with E-state index in [1.807, 2.05) is 6.07 Å². The molecule has 5 heteroatoms. The molecule has 0 atom stereocenters. The highest BCUT2D eigenvalue weighted by Gasteiger charge is 2.00. The van der Waals surface area contributed by atoms with Gasteiger partial charge in [-0.25, -0.2) is 10.2 Å². The number of hydrogen-bond donors (Lipinski definition) is 2. The molecule has 14 heavy (non-hydrogen) atoms. The number of carbonyl (C=O) groups is 1. The lowest BCUT2D eigenvalue weighted by atomic mass is 10.3. The van der Waals surface area contributed by atoms with Crippen molar-refractivity contribution in [1.82, 2.24) is 5.43 Å². The lowest BCUT2D eigenvalue weighted by Gasteiger charge is -2.01. The molecule has 0 saturated carbocycles. The maximum atomic E-state index is 11.0. The molecule has 1 rings (SSSR count).